The van der Waals surface area contributed by atoms with E-state index in [2.05, 4.69) is 48.1 Å². The van der Waals surface area contributed by atoms with Gasteiger partial charge in [0, 0.05) is 36.0 Å². The average molecular weight is 263 g/mol. The predicted octanol–water partition coefficient (Wildman–Crippen LogP) is 4.01. The molecule has 0 unspecified atom stereocenters. The van der Waals surface area contributed by atoms with Crippen molar-refractivity contribution in [2.45, 2.75) is 33.0 Å². The van der Waals surface area contributed by atoms with E-state index in [0.29, 0.717) is 0 Å². The van der Waals surface area contributed by atoms with Crippen LogP contribution in [0.15, 0.2) is 42.6 Å². The monoisotopic (exact) mass is 262 g/mol. The summed E-state index contributed by atoms with van der Waals surface area (Å²) in [6.07, 6.45) is 2.11. The van der Waals surface area contributed by atoms with E-state index >= 15 is 0 Å². The normalized spacial score (nSPS) is 12.6. The average Bonchev–Trinajstić information content (AvgIpc) is 2.84. The van der Waals surface area contributed by atoms with Gasteiger partial charge in [-0.3, -0.25) is 0 Å². The first-order valence-corrected chi connectivity index (χ1v) is 6.72. The molecule has 2 rings (SSSR count). The molecular weight excluding hydrogens is 244 g/mol. The quantitative estimate of drug-likeness (QED) is 0.861. The van der Waals surface area contributed by atoms with Crippen molar-refractivity contribution in [1.29, 1.82) is 0 Å². The predicted molar refractivity (Wildman–Crippen MR) is 76.8 cm³/mol. The molecule has 1 heterocycles. The maximum atomic E-state index is 6.19. The minimum Gasteiger partial charge on any atom is -0.351 e. The van der Waals surface area contributed by atoms with E-state index in [1.54, 1.807) is 0 Å². The van der Waals surface area contributed by atoms with E-state index in [1.807, 2.05) is 18.2 Å². The first-order valence-electron chi connectivity index (χ1n) is 6.34. The van der Waals surface area contributed by atoms with Crippen molar-refractivity contribution >= 4 is 11.6 Å². The van der Waals surface area contributed by atoms with Crippen molar-refractivity contribution < 1.29 is 0 Å². The molecule has 1 N–H and O–H groups in total. The lowest BCUT2D eigenvalue weighted by Gasteiger charge is -2.16. The number of aryl methyl sites for hydroxylation is 1. The molecule has 0 aliphatic rings. The Bertz CT molecular complexity index is 505. The summed E-state index contributed by atoms with van der Waals surface area (Å²) in [7, 11) is 0. The van der Waals surface area contributed by atoms with Crippen LogP contribution in [0.1, 0.15) is 31.1 Å². The van der Waals surface area contributed by atoms with Crippen LogP contribution in [0.5, 0.6) is 0 Å². The number of nitrogens with zero attached hydrogens (tertiary/aromatic N) is 1. The molecule has 2 aromatic rings. The number of aromatic nitrogens is 1. The van der Waals surface area contributed by atoms with Gasteiger partial charge in [0.25, 0.3) is 0 Å². The molecule has 1 aromatic carbocycles. The fourth-order valence-electron chi connectivity index (χ4n) is 2.11. The summed E-state index contributed by atoms with van der Waals surface area (Å²) in [4.78, 5) is 0. The third-order valence-electron chi connectivity index (χ3n) is 3.23. The van der Waals surface area contributed by atoms with Crippen LogP contribution in [-0.2, 0) is 13.1 Å². The molecule has 0 bridgehead atoms. The van der Waals surface area contributed by atoms with Gasteiger partial charge in [0.1, 0.15) is 0 Å². The molecule has 1 atom stereocenters. The van der Waals surface area contributed by atoms with Gasteiger partial charge in [-0.1, -0.05) is 29.8 Å². The van der Waals surface area contributed by atoms with Crippen LogP contribution in [0.2, 0.25) is 5.02 Å². The highest BCUT2D eigenvalue weighted by molar-refractivity contribution is 6.31. The van der Waals surface area contributed by atoms with Gasteiger partial charge in [-0.2, -0.15) is 0 Å². The lowest BCUT2D eigenvalue weighted by molar-refractivity contribution is 0.550. The third kappa shape index (κ3) is 2.95. The number of hydrogen-bond acceptors (Lipinski definition) is 1. The van der Waals surface area contributed by atoms with Crippen molar-refractivity contribution in [3.05, 3.63) is 58.9 Å². The molecule has 0 saturated carbocycles. The zero-order valence-electron chi connectivity index (χ0n) is 10.9. The second-order valence-corrected chi connectivity index (χ2v) is 4.82. The Labute approximate surface area is 114 Å². The van der Waals surface area contributed by atoms with Crippen molar-refractivity contribution in [3.63, 3.8) is 0 Å². The summed E-state index contributed by atoms with van der Waals surface area (Å²) in [5.74, 6) is 0. The standard InChI is InChI=1S/C15H19ClN2/c1-3-18-10-6-7-13(18)11-17-12(2)14-8-4-5-9-15(14)16/h4-10,12,17H,3,11H2,1-2H3/t12-/m1/s1. The Morgan fingerprint density at radius 1 is 1.22 bits per heavy atom. The summed E-state index contributed by atoms with van der Waals surface area (Å²) in [6, 6.07) is 12.5. The topological polar surface area (TPSA) is 17.0 Å². The number of benzene rings is 1. The summed E-state index contributed by atoms with van der Waals surface area (Å²) in [5, 5.41) is 4.33. The molecule has 3 heteroatoms. The molecule has 18 heavy (non-hydrogen) atoms. The summed E-state index contributed by atoms with van der Waals surface area (Å²) in [6.45, 7) is 6.15. The minimum atomic E-state index is 0.249. The lowest BCUT2D eigenvalue weighted by atomic mass is 10.1. The van der Waals surface area contributed by atoms with Gasteiger partial charge < -0.3 is 9.88 Å². The minimum absolute atomic E-state index is 0.249. The molecule has 0 aliphatic heterocycles. The van der Waals surface area contributed by atoms with Crippen molar-refractivity contribution in [2.24, 2.45) is 0 Å². The fraction of sp³-hybridized carbons (Fsp3) is 0.333. The van der Waals surface area contributed by atoms with Crippen molar-refractivity contribution in [3.8, 4) is 0 Å². The zero-order valence-corrected chi connectivity index (χ0v) is 11.6. The van der Waals surface area contributed by atoms with Crippen LogP contribution in [0.3, 0.4) is 0 Å². The van der Waals surface area contributed by atoms with E-state index in [1.165, 1.54) is 5.69 Å². The van der Waals surface area contributed by atoms with Crippen LogP contribution in [0, 0.1) is 0 Å². The molecule has 0 spiro atoms. The molecule has 0 amide bonds. The Kier molecular flexibility index (Phi) is 4.45. The lowest BCUT2D eigenvalue weighted by Crippen LogP contribution is -2.20. The number of halogens is 1. The second kappa shape index (κ2) is 6.07. The van der Waals surface area contributed by atoms with Gasteiger partial charge in [0.05, 0.1) is 0 Å². The Morgan fingerprint density at radius 2 is 2.00 bits per heavy atom. The molecule has 0 aliphatic carbocycles. The highest BCUT2D eigenvalue weighted by Crippen LogP contribution is 2.22. The fourth-order valence-corrected chi connectivity index (χ4v) is 2.41. The maximum absolute atomic E-state index is 6.19. The van der Waals surface area contributed by atoms with Crippen LogP contribution >= 0.6 is 11.6 Å². The molecule has 0 radical (unpaired) electrons. The highest BCUT2D eigenvalue weighted by atomic mass is 35.5. The van der Waals surface area contributed by atoms with Gasteiger partial charge in [-0.25, -0.2) is 0 Å². The largest absolute Gasteiger partial charge is 0.351 e. The van der Waals surface area contributed by atoms with E-state index < -0.39 is 0 Å². The zero-order chi connectivity index (χ0) is 13.0. The highest BCUT2D eigenvalue weighted by Gasteiger charge is 2.09. The van der Waals surface area contributed by atoms with Gasteiger partial charge in [-0.15, -0.1) is 0 Å². The van der Waals surface area contributed by atoms with Gasteiger partial charge >= 0.3 is 0 Å². The van der Waals surface area contributed by atoms with E-state index in [4.69, 9.17) is 11.6 Å². The molecule has 1 aromatic heterocycles. The van der Waals surface area contributed by atoms with Crippen LogP contribution in [0.25, 0.3) is 0 Å². The van der Waals surface area contributed by atoms with Gasteiger partial charge in [-0.05, 0) is 37.6 Å². The second-order valence-electron chi connectivity index (χ2n) is 4.41. The summed E-state index contributed by atoms with van der Waals surface area (Å²) in [5.41, 5.74) is 2.45. The molecule has 0 fully saturated rings. The number of hydrogen-bond donors (Lipinski definition) is 1. The molecular formula is C15H19ClN2. The van der Waals surface area contributed by atoms with E-state index in [-0.39, 0.29) is 6.04 Å². The SMILES string of the molecule is CCn1cccc1CN[C@H](C)c1ccccc1Cl. The Hall–Kier alpha value is -1.25. The number of nitrogens with one attached hydrogen (secondary N) is 1. The summed E-state index contributed by atoms with van der Waals surface area (Å²) >= 11 is 6.19. The van der Waals surface area contributed by atoms with Crippen LogP contribution < -0.4 is 5.32 Å². The van der Waals surface area contributed by atoms with Crippen LogP contribution in [0.4, 0.5) is 0 Å². The first kappa shape index (κ1) is 13.2. The maximum Gasteiger partial charge on any atom is 0.0453 e. The Balaban J connectivity index is 2.01. The Morgan fingerprint density at radius 3 is 2.72 bits per heavy atom. The number of rotatable bonds is 5. The van der Waals surface area contributed by atoms with Crippen molar-refractivity contribution in [2.75, 3.05) is 0 Å². The molecule has 2 nitrogen and oxygen atoms in total. The van der Waals surface area contributed by atoms with E-state index in [9.17, 15) is 0 Å². The van der Waals surface area contributed by atoms with Crippen LogP contribution in [-0.4, -0.2) is 4.57 Å². The van der Waals surface area contributed by atoms with E-state index in [0.717, 1.165) is 23.7 Å². The first-order chi connectivity index (χ1) is 8.72. The summed E-state index contributed by atoms with van der Waals surface area (Å²) < 4.78 is 2.24. The van der Waals surface area contributed by atoms with Gasteiger partial charge in [0.15, 0.2) is 0 Å². The molecule has 96 valence electrons. The van der Waals surface area contributed by atoms with Crippen molar-refractivity contribution in [1.82, 2.24) is 9.88 Å². The van der Waals surface area contributed by atoms with Gasteiger partial charge in [0.2, 0.25) is 0 Å². The smallest absolute Gasteiger partial charge is 0.0453 e. The molecule has 0 saturated heterocycles. The third-order valence-corrected chi connectivity index (χ3v) is 3.57.